The average Bonchev–Trinajstić information content (AvgIpc) is 2.93. The van der Waals surface area contributed by atoms with Gasteiger partial charge in [-0.1, -0.05) is 30.3 Å². The van der Waals surface area contributed by atoms with Gasteiger partial charge in [0.2, 0.25) is 0 Å². The lowest BCUT2D eigenvalue weighted by Gasteiger charge is -2.18. The normalized spacial score (nSPS) is 14.4. The number of rotatable bonds is 2. The van der Waals surface area contributed by atoms with Crippen molar-refractivity contribution >= 4 is 21.4 Å². The SMILES string of the molecule is Cn1nc(C(=O)Nc2ccccc2F)c2c1-c1ccccc1S(=O)(=O)C2. The maximum Gasteiger partial charge on any atom is 0.276 e. The van der Waals surface area contributed by atoms with Crippen molar-refractivity contribution in [3.63, 3.8) is 0 Å². The topological polar surface area (TPSA) is 81.1 Å². The van der Waals surface area contributed by atoms with Gasteiger partial charge in [-0.15, -0.1) is 0 Å². The number of halogens is 1. The van der Waals surface area contributed by atoms with Crippen LogP contribution in [0.1, 0.15) is 16.1 Å². The van der Waals surface area contributed by atoms with E-state index in [0.717, 1.165) is 0 Å². The molecule has 1 aliphatic heterocycles. The van der Waals surface area contributed by atoms with Gasteiger partial charge in [0.15, 0.2) is 15.5 Å². The van der Waals surface area contributed by atoms with Crippen molar-refractivity contribution in [3.8, 4) is 11.3 Å². The molecule has 0 bridgehead atoms. The molecule has 0 saturated heterocycles. The van der Waals surface area contributed by atoms with Crippen LogP contribution in [0.5, 0.6) is 0 Å². The summed E-state index contributed by atoms with van der Waals surface area (Å²) in [6.07, 6.45) is 0. The Morgan fingerprint density at radius 3 is 2.62 bits per heavy atom. The minimum Gasteiger partial charge on any atom is -0.318 e. The van der Waals surface area contributed by atoms with E-state index in [4.69, 9.17) is 0 Å². The lowest BCUT2D eigenvalue weighted by atomic mass is 10.1. The maximum atomic E-state index is 13.8. The minimum atomic E-state index is -3.59. The first-order valence-corrected chi connectivity index (χ1v) is 9.47. The summed E-state index contributed by atoms with van der Waals surface area (Å²) in [6.45, 7) is 0. The third kappa shape index (κ3) is 2.50. The Bertz CT molecular complexity index is 1150. The second-order valence-electron chi connectivity index (χ2n) is 5.99. The maximum absolute atomic E-state index is 13.8. The predicted octanol–water partition coefficient (Wildman–Crippen LogP) is 2.77. The molecule has 0 spiro atoms. The van der Waals surface area contributed by atoms with Gasteiger partial charge in [-0.05, 0) is 18.2 Å². The van der Waals surface area contributed by atoms with Gasteiger partial charge < -0.3 is 5.32 Å². The van der Waals surface area contributed by atoms with Gasteiger partial charge in [0, 0.05) is 18.2 Å². The fourth-order valence-electron chi connectivity index (χ4n) is 3.17. The summed E-state index contributed by atoms with van der Waals surface area (Å²) in [5.74, 6) is -1.56. The molecule has 4 rings (SSSR count). The first-order valence-electron chi connectivity index (χ1n) is 7.82. The van der Waals surface area contributed by atoms with Gasteiger partial charge >= 0.3 is 0 Å². The van der Waals surface area contributed by atoms with Crippen molar-refractivity contribution < 1.29 is 17.6 Å². The third-order valence-electron chi connectivity index (χ3n) is 4.29. The number of nitrogens with zero attached hydrogens (tertiary/aromatic N) is 2. The van der Waals surface area contributed by atoms with Crippen molar-refractivity contribution in [2.24, 2.45) is 7.05 Å². The molecule has 132 valence electrons. The van der Waals surface area contributed by atoms with Crippen molar-refractivity contribution in [3.05, 3.63) is 65.6 Å². The first kappa shape index (κ1) is 16.5. The summed E-state index contributed by atoms with van der Waals surface area (Å²) in [7, 11) is -1.94. The van der Waals surface area contributed by atoms with Crippen LogP contribution in [-0.2, 0) is 22.6 Å². The summed E-state index contributed by atoms with van der Waals surface area (Å²) in [4.78, 5) is 12.8. The molecule has 3 aromatic rings. The van der Waals surface area contributed by atoms with Crippen LogP contribution >= 0.6 is 0 Å². The molecular weight excluding hydrogens is 357 g/mol. The van der Waals surface area contributed by atoms with E-state index in [1.54, 1.807) is 37.4 Å². The van der Waals surface area contributed by atoms with E-state index in [1.807, 2.05) is 0 Å². The van der Waals surface area contributed by atoms with Crippen LogP contribution in [0.15, 0.2) is 53.4 Å². The molecule has 1 aliphatic rings. The molecule has 8 heteroatoms. The Morgan fingerprint density at radius 1 is 1.15 bits per heavy atom. The summed E-state index contributed by atoms with van der Waals surface area (Å²) >= 11 is 0. The Balaban J connectivity index is 1.83. The summed E-state index contributed by atoms with van der Waals surface area (Å²) in [5.41, 5.74) is 1.39. The van der Waals surface area contributed by atoms with Crippen LogP contribution in [0.3, 0.4) is 0 Å². The second kappa shape index (κ2) is 5.77. The van der Waals surface area contributed by atoms with Gasteiger partial charge in [-0.2, -0.15) is 5.10 Å². The van der Waals surface area contributed by atoms with E-state index in [1.165, 1.54) is 22.9 Å². The van der Waals surface area contributed by atoms with Crippen molar-refractivity contribution in [2.75, 3.05) is 5.32 Å². The van der Waals surface area contributed by atoms with E-state index in [-0.39, 0.29) is 22.0 Å². The number of carbonyl (C=O) groups excluding carboxylic acids is 1. The van der Waals surface area contributed by atoms with Crippen molar-refractivity contribution in [2.45, 2.75) is 10.6 Å². The predicted molar refractivity (Wildman–Crippen MR) is 93.9 cm³/mol. The van der Waals surface area contributed by atoms with E-state index in [0.29, 0.717) is 16.8 Å². The lowest BCUT2D eigenvalue weighted by Crippen LogP contribution is -2.18. The molecule has 6 nitrogen and oxygen atoms in total. The smallest absolute Gasteiger partial charge is 0.276 e. The standard InChI is InChI=1S/C18H14FN3O3S/c1-22-17-11-6-2-5-9-15(11)26(24,25)10-12(17)16(21-22)18(23)20-14-8-4-3-7-13(14)19/h2-9H,10H2,1H3,(H,20,23). The summed E-state index contributed by atoms with van der Waals surface area (Å²) in [5, 5.41) is 6.66. The number of aryl methyl sites for hydroxylation is 1. The molecule has 0 aliphatic carbocycles. The third-order valence-corrected chi connectivity index (χ3v) is 5.99. The minimum absolute atomic E-state index is 0.0102. The van der Waals surface area contributed by atoms with E-state index < -0.39 is 21.6 Å². The Hall–Kier alpha value is -3.00. The van der Waals surface area contributed by atoms with Crippen LogP contribution in [0.4, 0.5) is 10.1 Å². The zero-order valence-corrected chi connectivity index (χ0v) is 14.5. The van der Waals surface area contributed by atoms with Gasteiger partial charge in [0.25, 0.3) is 5.91 Å². The molecule has 1 amide bonds. The van der Waals surface area contributed by atoms with Crippen LogP contribution in [0.2, 0.25) is 0 Å². The highest BCUT2D eigenvalue weighted by Crippen LogP contribution is 2.39. The van der Waals surface area contributed by atoms with Crippen LogP contribution < -0.4 is 5.32 Å². The molecule has 0 unspecified atom stereocenters. The molecule has 0 fully saturated rings. The molecule has 0 saturated carbocycles. The highest BCUT2D eigenvalue weighted by Gasteiger charge is 2.34. The number of aromatic nitrogens is 2. The number of anilines is 1. The molecule has 0 atom stereocenters. The molecular formula is C18H14FN3O3S. The zero-order valence-electron chi connectivity index (χ0n) is 13.7. The highest BCUT2D eigenvalue weighted by atomic mass is 32.2. The van der Waals surface area contributed by atoms with Gasteiger partial charge in [-0.25, -0.2) is 12.8 Å². The quantitative estimate of drug-likeness (QED) is 0.751. The van der Waals surface area contributed by atoms with E-state index in [9.17, 15) is 17.6 Å². The fourth-order valence-corrected chi connectivity index (χ4v) is 4.76. The summed E-state index contributed by atoms with van der Waals surface area (Å²) in [6, 6.07) is 12.4. The van der Waals surface area contributed by atoms with Crippen molar-refractivity contribution in [1.82, 2.24) is 9.78 Å². The lowest BCUT2D eigenvalue weighted by molar-refractivity contribution is 0.102. The van der Waals surface area contributed by atoms with Crippen LogP contribution in [-0.4, -0.2) is 24.1 Å². The molecule has 1 aromatic heterocycles. The zero-order chi connectivity index (χ0) is 18.5. The van der Waals surface area contributed by atoms with Crippen LogP contribution in [0.25, 0.3) is 11.3 Å². The number of nitrogens with one attached hydrogen (secondary N) is 1. The van der Waals surface area contributed by atoms with Gasteiger partial charge in [0.1, 0.15) is 5.82 Å². The number of sulfone groups is 1. The molecule has 1 N–H and O–H groups in total. The number of carbonyl (C=O) groups is 1. The molecule has 26 heavy (non-hydrogen) atoms. The second-order valence-corrected chi connectivity index (χ2v) is 7.95. The van der Waals surface area contributed by atoms with Crippen LogP contribution in [0, 0.1) is 5.82 Å². The number of fused-ring (bicyclic) bond motifs is 3. The van der Waals surface area contributed by atoms with Gasteiger partial charge in [0.05, 0.1) is 22.0 Å². The largest absolute Gasteiger partial charge is 0.318 e. The van der Waals surface area contributed by atoms with Crippen molar-refractivity contribution in [1.29, 1.82) is 0 Å². The fraction of sp³-hybridized carbons (Fsp3) is 0.111. The number of hydrogen-bond donors (Lipinski definition) is 1. The number of benzene rings is 2. The highest BCUT2D eigenvalue weighted by molar-refractivity contribution is 7.90. The first-order chi connectivity index (χ1) is 12.4. The summed E-state index contributed by atoms with van der Waals surface area (Å²) < 4.78 is 40.5. The monoisotopic (exact) mass is 371 g/mol. The number of hydrogen-bond acceptors (Lipinski definition) is 4. The Morgan fingerprint density at radius 2 is 1.85 bits per heavy atom. The molecule has 2 aromatic carbocycles. The average molecular weight is 371 g/mol. The Labute approximate surface area is 149 Å². The number of para-hydroxylation sites is 1. The molecule has 2 heterocycles. The van der Waals surface area contributed by atoms with E-state index in [2.05, 4.69) is 10.4 Å². The molecule has 0 radical (unpaired) electrons. The number of amides is 1. The Kier molecular flexibility index (Phi) is 3.66. The van der Waals surface area contributed by atoms with E-state index >= 15 is 0 Å². The van der Waals surface area contributed by atoms with Gasteiger partial charge in [-0.3, -0.25) is 9.48 Å².